The van der Waals surface area contributed by atoms with Gasteiger partial charge in [0.1, 0.15) is 0 Å². The second kappa shape index (κ2) is 7.57. The molecule has 0 saturated carbocycles. The Kier molecular flexibility index (Phi) is 5.76. The highest BCUT2D eigenvalue weighted by molar-refractivity contribution is 9.10. The van der Waals surface area contributed by atoms with Crippen LogP contribution in [0.5, 0.6) is 11.5 Å². The standard InChI is InChI=1S/C16H17BrClNO2/c1-3-21-16-8-11(14(18)9-15(16)20-2)10-19-13-6-4-12(17)5-7-13/h4-9,19H,3,10H2,1-2H3. The number of anilines is 1. The third-order valence-electron chi connectivity index (χ3n) is 2.96. The van der Waals surface area contributed by atoms with Crippen molar-refractivity contribution in [3.63, 3.8) is 0 Å². The summed E-state index contributed by atoms with van der Waals surface area (Å²) < 4.78 is 11.9. The number of halogens is 2. The Balaban J connectivity index is 2.15. The van der Waals surface area contributed by atoms with Gasteiger partial charge in [-0.3, -0.25) is 0 Å². The first-order chi connectivity index (χ1) is 10.1. The topological polar surface area (TPSA) is 30.5 Å². The summed E-state index contributed by atoms with van der Waals surface area (Å²) in [5.74, 6) is 1.35. The van der Waals surface area contributed by atoms with Gasteiger partial charge in [-0.1, -0.05) is 27.5 Å². The van der Waals surface area contributed by atoms with E-state index in [2.05, 4.69) is 21.2 Å². The number of ether oxygens (including phenoxy) is 2. The van der Waals surface area contributed by atoms with E-state index in [4.69, 9.17) is 21.1 Å². The van der Waals surface area contributed by atoms with E-state index >= 15 is 0 Å². The molecule has 0 saturated heterocycles. The zero-order valence-corrected chi connectivity index (χ0v) is 14.3. The van der Waals surface area contributed by atoms with Crippen molar-refractivity contribution in [2.75, 3.05) is 19.0 Å². The molecular weight excluding hydrogens is 354 g/mol. The summed E-state index contributed by atoms with van der Waals surface area (Å²) in [6.07, 6.45) is 0. The van der Waals surface area contributed by atoms with Crippen molar-refractivity contribution in [1.29, 1.82) is 0 Å². The van der Waals surface area contributed by atoms with Crippen LogP contribution in [0.3, 0.4) is 0 Å². The summed E-state index contributed by atoms with van der Waals surface area (Å²) in [6.45, 7) is 3.13. The highest BCUT2D eigenvalue weighted by Crippen LogP contribution is 2.33. The Morgan fingerprint density at radius 1 is 1.14 bits per heavy atom. The van der Waals surface area contributed by atoms with Crippen LogP contribution in [-0.4, -0.2) is 13.7 Å². The molecule has 3 nitrogen and oxygen atoms in total. The Morgan fingerprint density at radius 2 is 1.86 bits per heavy atom. The Bertz CT molecular complexity index is 602. The molecule has 2 rings (SSSR count). The fraction of sp³-hybridized carbons (Fsp3) is 0.250. The van der Waals surface area contributed by atoms with Gasteiger partial charge in [-0.2, -0.15) is 0 Å². The van der Waals surface area contributed by atoms with Gasteiger partial charge < -0.3 is 14.8 Å². The Labute approximate surface area is 138 Å². The van der Waals surface area contributed by atoms with Crippen LogP contribution in [-0.2, 0) is 6.54 Å². The summed E-state index contributed by atoms with van der Waals surface area (Å²) in [4.78, 5) is 0. The van der Waals surface area contributed by atoms with Crippen LogP contribution in [0.4, 0.5) is 5.69 Å². The van der Waals surface area contributed by atoms with Gasteiger partial charge in [0, 0.05) is 27.8 Å². The molecule has 0 aliphatic rings. The molecule has 0 spiro atoms. The molecule has 0 aliphatic heterocycles. The van der Waals surface area contributed by atoms with Gasteiger partial charge in [-0.25, -0.2) is 0 Å². The minimum atomic E-state index is 0.581. The first-order valence-corrected chi connectivity index (χ1v) is 7.79. The predicted octanol–water partition coefficient (Wildman–Crippen LogP) is 5.12. The molecule has 0 heterocycles. The third-order valence-corrected chi connectivity index (χ3v) is 3.84. The summed E-state index contributed by atoms with van der Waals surface area (Å²) in [6, 6.07) is 11.7. The van der Waals surface area contributed by atoms with Crippen molar-refractivity contribution in [3.05, 3.63) is 51.5 Å². The van der Waals surface area contributed by atoms with Gasteiger partial charge in [-0.15, -0.1) is 0 Å². The molecule has 0 aromatic heterocycles. The van der Waals surface area contributed by atoms with Gasteiger partial charge >= 0.3 is 0 Å². The van der Waals surface area contributed by atoms with Crippen molar-refractivity contribution in [3.8, 4) is 11.5 Å². The van der Waals surface area contributed by atoms with Crippen LogP contribution >= 0.6 is 27.5 Å². The van der Waals surface area contributed by atoms with E-state index in [1.807, 2.05) is 37.3 Å². The fourth-order valence-corrected chi connectivity index (χ4v) is 2.39. The summed E-state index contributed by atoms with van der Waals surface area (Å²) in [5, 5.41) is 3.99. The zero-order valence-electron chi connectivity index (χ0n) is 12.0. The van der Waals surface area contributed by atoms with Crippen LogP contribution in [0.2, 0.25) is 5.02 Å². The fourth-order valence-electron chi connectivity index (χ4n) is 1.91. The Morgan fingerprint density at radius 3 is 2.48 bits per heavy atom. The maximum atomic E-state index is 6.29. The van der Waals surface area contributed by atoms with E-state index < -0.39 is 0 Å². The number of nitrogens with one attached hydrogen (secondary N) is 1. The third kappa shape index (κ3) is 4.29. The van der Waals surface area contributed by atoms with Crippen LogP contribution in [0.15, 0.2) is 40.9 Å². The molecule has 2 aromatic carbocycles. The molecule has 0 atom stereocenters. The van der Waals surface area contributed by atoms with E-state index in [1.165, 1.54) is 0 Å². The smallest absolute Gasteiger partial charge is 0.162 e. The average molecular weight is 371 g/mol. The van der Waals surface area contributed by atoms with Crippen LogP contribution in [0.1, 0.15) is 12.5 Å². The largest absolute Gasteiger partial charge is 0.493 e. The quantitative estimate of drug-likeness (QED) is 0.765. The normalized spacial score (nSPS) is 10.3. The molecule has 21 heavy (non-hydrogen) atoms. The lowest BCUT2D eigenvalue weighted by Crippen LogP contribution is -2.02. The molecular formula is C16H17BrClNO2. The first kappa shape index (κ1) is 16.0. The van der Waals surface area contributed by atoms with E-state index in [9.17, 15) is 0 Å². The molecule has 0 aliphatic carbocycles. The summed E-state index contributed by atoms with van der Waals surface area (Å²) in [5.41, 5.74) is 1.99. The van der Waals surface area contributed by atoms with Crippen LogP contribution in [0, 0.1) is 0 Å². The van der Waals surface area contributed by atoms with Gasteiger partial charge in [-0.05, 0) is 42.8 Å². The number of benzene rings is 2. The number of rotatable bonds is 6. The second-order valence-electron chi connectivity index (χ2n) is 4.39. The van der Waals surface area contributed by atoms with E-state index in [1.54, 1.807) is 13.2 Å². The second-order valence-corrected chi connectivity index (χ2v) is 5.71. The van der Waals surface area contributed by atoms with E-state index in [0.717, 1.165) is 15.7 Å². The maximum Gasteiger partial charge on any atom is 0.162 e. The minimum absolute atomic E-state index is 0.581. The molecule has 0 amide bonds. The number of hydrogen-bond donors (Lipinski definition) is 1. The lowest BCUT2D eigenvalue weighted by atomic mass is 10.2. The first-order valence-electron chi connectivity index (χ1n) is 6.62. The average Bonchev–Trinajstić information content (AvgIpc) is 2.49. The molecule has 1 N–H and O–H groups in total. The lowest BCUT2D eigenvalue weighted by Gasteiger charge is -2.14. The molecule has 0 bridgehead atoms. The van der Waals surface area contributed by atoms with E-state index in [-0.39, 0.29) is 0 Å². The molecule has 112 valence electrons. The van der Waals surface area contributed by atoms with Crippen molar-refractivity contribution >= 4 is 33.2 Å². The van der Waals surface area contributed by atoms with Crippen LogP contribution < -0.4 is 14.8 Å². The predicted molar refractivity (Wildman–Crippen MR) is 90.6 cm³/mol. The van der Waals surface area contributed by atoms with Gasteiger partial charge in [0.05, 0.1) is 13.7 Å². The summed E-state index contributed by atoms with van der Waals surface area (Å²) >= 11 is 9.71. The SMILES string of the molecule is CCOc1cc(CNc2ccc(Br)cc2)c(Cl)cc1OC. The van der Waals surface area contributed by atoms with Gasteiger partial charge in [0.25, 0.3) is 0 Å². The monoisotopic (exact) mass is 369 g/mol. The maximum absolute atomic E-state index is 6.29. The van der Waals surface area contributed by atoms with Crippen molar-refractivity contribution < 1.29 is 9.47 Å². The van der Waals surface area contributed by atoms with Crippen LogP contribution in [0.25, 0.3) is 0 Å². The zero-order chi connectivity index (χ0) is 15.2. The minimum Gasteiger partial charge on any atom is -0.493 e. The number of methoxy groups -OCH3 is 1. The molecule has 0 fully saturated rings. The summed E-state index contributed by atoms with van der Waals surface area (Å²) in [7, 11) is 1.61. The highest BCUT2D eigenvalue weighted by atomic mass is 79.9. The van der Waals surface area contributed by atoms with Gasteiger partial charge in [0.15, 0.2) is 11.5 Å². The van der Waals surface area contributed by atoms with Crippen molar-refractivity contribution in [2.24, 2.45) is 0 Å². The molecule has 5 heteroatoms. The molecule has 0 unspecified atom stereocenters. The molecule has 2 aromatic rings. The number of hydrogen-bond acceptors (Lipinski definition) is 3. The lowest BCUT2D eigenvalue weighted by molar-refractivity contribution is 0.310. The highest BCUT2D eigenvalue weighted by Gasteiger charge is 2.10. The van der Waals surface area contributed by atoms with Crippen molar-refractivity contribution in [1.82, 2.24) is 0 Å². The molecule has 0 radical (unpaired) electrons. The Hall–Kier alpha value is -1.39. The van der Waals surface area contributed by atoms with E-state index in [0.29, 0.717) is 29.7 Å². The van der Waals surface area contributed by atoms with Gasteiger partial charge in [0.2, 0.25) is 0 Å². The van der Waals surface area contributed by atoms with Crippen molar-refractivity contribution in [2.45, 2.75) is 13.5 Å².